The number of carbonyl (C=O) groups is 1. The van der Waals surface area contributed by atoms with Crippen molar-refractivity contribution >= 4 is 5.97 Å². The van der Waals surface area contributed by atoms with Crippen molar-refractivity contribution in [1.82, 2.24) is 0 Å². The molecule has 0 fully saturated rings. The molecule has 2 atom stereocenters. The van der Waals surface area contributed by atoms with Crippen molar-refractivity contribution in [2.75, 3.05) is 6.61 Å². The van der Waals surface area contributed by atoms with E-state index in [0.717, 1.165) is 0 Å². The molecular formula is C6H12O4. The molecule has 0 rings (SSSR count). The number of aliphatic hydroxyl groups excluding tert-OH is 2. The van der Waals surface area contributed by atoms with Crippen LogP contribution in [0.5, 0.6) is 0 Å². The first-order valence-corrected chi connectivity index (χ1v) is 3.12. The van der Waals surface area contributed by atoms with Gasteiger partial charge in [0, 0.05) is 0 Å². The zero-order chi connectivity index (χ0) is 8.15. The van der Waals surface area contributed by atoms with Crippen molar-refractivity contribution in [3.05, 3.63) is 0 Å². The largest absolute Gasteiger partial charge is 0.464 e. The van der Waals surface area contributed by atoms with Crippen LogP contribution in [0.3, 0.4) is 0 Å². The number of hydrogen-bond donors (Lipinski definition) is 2. The molecule has 0 radical (unpaired) electrons. The van der Waals surface area contributed by atoms with Gasteiger partial charge in [-0.2, -0.15) is 0 Å². The van der Waals surface area contributed by atoms with Gasteiger partial charge in [-0.25, -0.2) is 4.79 Å². The van der Waals surface area contributed by atoms with Crippen molar-refractivity contribution in [2.24, 2.45) is 0 Å². The molecule has 0 amide bonds. The summed E-state index contributed by atoms with van der Waals surface area (Å²) in [5, 5.41) is 17.5. The Balaban J connectivity index is 3.71. The quantitative estimate of drug-likeness (QED) is 0.519. The molecule has 0 spiro atoms. The fraction of sp³-hybridized carbons (Fsp3) is 0.833. The summed E-state index contributed by atoms with van der Waals surface area (Å²) >= 11 is 0. The second-order valence-corrected chi connectivity index (χ2v) is 1.94. The summed E-state index contributed by atoms with van der Waals surface area (Å²) < 4.78 is 4.42. The van der Waals surface area contributed by atoms with E-state index in [-0.39, 0.29) is 6.61 Å². The summed E-state index contributed by atoms with van der Waals surface area (Å²) in [6, 6.07) is 0. The van der Waals surface area contributed by atoms with Crippen molar-refractivity contribution in [1.29, 1.82) is 0 Å². The van der Waals surface area contributed by atoms with Gasteiger partial charge in [-0.1, -0.05) is 0 Å². The summed E-state index contributed by atoms with van der Waals surface area (Å²) in [5.41, 5.74) is 0. The Kier molecular flexibility index (Phi) is 3.99. The van der Waals surface area contributed by atoms with Crippen LogP contribution < -0.4 is 0 Å². The number of hydrogen-bond acceptors (Lipinski definition) is 4. The lowest BCUT2D eigenvalue weighted by Gasteiger charge is -2.10. The number of esters is 1. The first-order valence-electron chi connectivity index (χ1n) is 3.12. The highest BCUT2D eigenvalue weighted by Gasteiger charge is 2.20. The second kappa shape index (κ2) is 4.24. The van der Waals surface area contributed by atoms with Crippen molar-refractivity contribution < 1.29 is 19.7 Å². The highest BCUT2D eigenvalue weighted by Crippen LogP contribution is 1.94. The van der Waals surface area contributed by atoms with Gasteiger partial charge in [0.2, 0.25) is 0 Å². The summed E-state index contributed by atoms with van der Waals surface area (Å²) in [7, 11) is 0. The summed E-state index contributed by atoms with van der Waals surface area (Å²) in [6.45, 7) is 3.16. The van der Waals surface area contributed by atoms with Gasteiger partial charge in [-0.05, 0) is 13.8 Å². The van der Waals surface area contributed by atoms with Crippen LogP contribution in [-0.4, -0.2) is 35.0 Å². The molecule has 0 saturated carbocycles. The molecule has 0 aromatic rings. The molecule has 0 aliphatic rings. The second-order valence-electron chi connectivity index (χ2n) is 1.94. The van der Waals surface area contributed by atoms with Gasteiger partial charge in [-0.3, -0.25) is 0 Å². The van der Waals surface area contributed by atoms with Crippen LogP contribution in [0, 0.1) is 0 Å². The predicted molar refractivity (Wildman–Crippen MR) is 34.3 cm³/mol. The van der Waals surface area contributed by atoms with E-state index in [1.165, 1.54) is 6.92 Å². The summed E-state index contributed by atoms with van der Waals surface area (Å²) in [4.78, 5) is 10.6. The third-order valence-electron chi connectivity index (χ3n) is 0.985. The molecule has 0 aliphatic carbocycles. The standard InChI is InChI=1S/C6H12O4/c1-3-10-6(9)5(8)4(2)7/h4-5,7-8H,3H2,1-2H3/t4-,5-/m0/s1. The van der Waals surface area contributed by atoms with Crippen LogP contribution >= 0.6 is 0 Å². The lowest BCUT2D eigenvalue weighted by molar-refractivity contribution is -0.158. The van der Waals surface area contributed by atoms with Gasteiger partial charge in [0.15, 0.2) is 6.10 Å². The fourth-order valence-corrected chi connectivity index (χ4v) is 0.425. The van der Waals surface area contributed by atoms with Crippen LogP contribution in [0.4, 0.5) is 0 Å². The van der Waals surface area contributed by atoms with E-state index in [0.29, 0.717) is 0 Å². The molecule has 0 saturated heterocycles. The lowest BCUT2D eigenvalue weighted by Crippen LogP contribution is -2.33. The highest BCUT2D eigenvalue weighted by atomic mass is 16.5. The van der Waals surface area contributed by atoms with Gasteiger partial charge in [0.25, 0.3) is 0 Å². The van der Waals surface area contributed by atoms with Gasteiger partial charge >= 0.3 is 5.97 Å². The average molecular weight is 148 g/mol. The predicted octanol–water partition coefficient (Wildman–Crippen LogP) is -0.709. The Bertz CT molecular complexity index is 110. The van der Waals surface area contributed by atoms with Crippen LogP contribution in [0.15, 0.2) is 0 Å². The first-order chi connectivity index (χ1) is 4.59. The van der Waals surface area contributed by atoms with Crippen molar-refractivity contribution in [3.8, 4) is 0 Å². The lowest BCUT2D eigenvalue weighted by atomic mass is 10.2. The number of rotatable bonds is 3. The molecule has 4 nitrogen and oxygen atoms in total. The Morgan fingerprint density at radius 2 is 2.10 bits per heavy atom. The molecule has 2 N–H and O–H groups in total. The molecule has 0 aromatic carbocycles. The first kappa shape index (κ1) is 9.39. The van der Waals surface area contributed by atoms with E-state index in [1.54, 1.807) is 6.92 Å². The number of aliphatic hydroxyl groups is 2. The van der Waals surface area contributed by atoms with Gasteiger partial charge in [-0.15, -0.1) is 0 Å². The number of ether oxygens (including phenoxy) is 1. The van der Waals surface area contributed by atoms with Gasteiger partial charge in [0.1, 0.15) is 0 Å². The van der Waals surface area contributed by atoms with Crippen LogP contribution in [0.2, 0.25) is 0 Å². The van der Waals surface area contributed by atoms with Crippen molar-refractivity contribution in [3.63, 3.8) is 0 Å². The maximum absolute atomic E-state index is 10.6. The van der Waals surface area contributed by atoms with Gasteiger partial charge < -0.3 is 14.9 Å². The van der Waals surface area contributed by atoms with E-state index in [2.05, 4.69) is 4.74 Å². The zero-order valence-electron chi connectivity index (χ0n) is 6.07. The topological polar surface area (TPSA) is 66.8 Å². The summed E-state index contributed by atoms with van der Waals surface area (Å²) in [6.07, 6.45) is -2.49. The highest BCUT2D eigenvalue weighted by molar-refractivity contribution is 5.74. The minimum Gasteiger partial charge on any atom is -0.464 e. The molecule has 60 valence electrons. The molecule has 4 heteroatoms. The molecule has 0 heterocycles. The van der Waals surface area contributed by atoms with E-state index in [4.69, 9.17) is 10.2 Å². The van der Waals surface area contributed by atoms with E-state index >= 15 is 0 Å². The number of carbonyl (C=O) groups excluding carboxylic acids is 1. The SMILES string of the molecule is CCOC(=O)[C@@H](O)[C@H](C)O. The minimum atomic E-state index is -1.42. The Hall–Kier alpha value is -0.610. The van der Waals surface area contributed by atoms with Crippen LogP contribution in [-0.2, 0) is 9.53 Å². The normalized spacial score (nSPS) is 16.0. The zero-order valence-corrected chi connectivity index (χ0v) is 6.07. The Morgan fingerprint density at radius 3 is 2.40 bits per heavy atom. The third-order valence-corrected chi connectivity index (χ3v) is 0.985. The average Bonchev–Trinajstić information content (AvgIpc) is 1.87. The summed E-state index contributed by atoms with van der Waals surface area (Å²) in [5.74, 6) is -0.780. The van der Waals surface area contributed by atoms with E-state index in [1.807, 2.05) is 0 Å². The maximum Gasteiger partial charge on any atom is 0.337 e. The Labute approximate surface area is 59.4 Å². The molecule has 0 unspecified atom stereocenters. The molecule has 0 aromatic heterocycles. The Morgan fingerprint density at radius 1 is 1.60 bits per heavy atom. The third kappa shape index (κ3) is 2.80. The van der Waals surface area contributed by atoms with Gasteiger partial charge in [0.05, 0.1) is 12.7 Å². The fourth-order valence-electron chi connectivity index (χ4n) is 0.425. The minimum absolute atomic E-state index is 0.211. The smallest absolute Gasteiger partial charge is 0.337 e. The maximum atomic E-state index is 10.6. The van der Waals surface area contributed by atoms with Crippen LogP contribution in [0.1, 0.15) is 13.8 Å². The van der Waals surface area contributed by atoms with E-state index < -0.39 is 18.2 Å². The van der Waals surface area contributed by atoms with E-state index in [9.17, 15) is 4.79 Å². The monoisotopic (exact) mass is 148 g/mol. The molecule has 0 bridgehead atoms. The molecular weight excluding hydrogens is 136 g/mol. The van der Waals surface area contributed by atoms with Crippen molar-refractivity contribution in [2.45, 2.75) is 26.1 Å². The van der Waals surface area contributed by atoms with Crippen LogP contribution in [0.25, 0.3) is 0 Å². The molecule has 0 aliphatic heterocycles. The molecule has 10 heavy (non-hydrogen) atoms.